The second-order valence-electron chi connectivity index (χ2n) is 9.95. The van der Waals surface area contributed by atoms with Crippen LogP contribution in [0.5, 0.6) is 0 Å². The minimum atomic E-state index is -4.26. The number of nitrogens with one attached hydrogen (secondary N) is 1. The Morgan fingerprint density at radius 2 is 1.56 bits per heavy atom. The number of carbonyl (C=O) groups is 2. The van der Waals surface area contributed by atoms with Gasteiger partial charge in [-0.25, -0.2) is 12.8 Å². The van der Waals surface area contributed by atoms with Crippen molar-refractivity contribution in [3.05, 3.63) is 94.2 Å². The molecule has 0 bridgehead atoms. The third-order valence-corrected chi connectivity index (χ3v) is 8.29. The van der Waals surface area contributed by atoms with Gasteiger partial charge in [0.15, 0.2) is 0 Å². The van der Waals surface area contributed by atoms with E-state index in [1.807, 2.05) is 0 Å². The van der Waals surface area contributed by atoms with Crippen molar-refractivity contribution in [1.29, 1.82) is 0 Å². The van der Waals surface area contributed by atoms with Crippen LogP contribution < -0.4 is 9.62 Å². The highest BCUT2D eigenvalue weighted by molar-refractivity contribution is 7.92. The van der Waals surface area contributed by atoms with Crippen LogP contribution in [0.3, 0.4) is 0 Å². The van der Waals surface area contributed by atoms with E-state index in [9.17, 15) is 22.4 Å². The first kappa shape index (κ1) is 30.4. The van der Waals surface area contributed by atoms with Crippen LogP contribution in [0.1, 0.15) is 33.3 Å². The van der Waals surface area contributed by atoms with Gasteiger partial charge in [0.25, 0.3) is 10.0 Å². The van der Waals surface area contributed by atoms with Gasteiger partial charge >= 0.3 is 0 Å². The van der Waals surface area contributed by atoms with Crippen molar-refractivity contribution in [2.24, 2.45) is 0 Å². The molecule has 11 heteroatoms. The van der Waals surface area contributed by atoms with Crippen LogP contribution in [-0.2, 0) is 26.2 Å². The van der Waals surface area contributed by atoms with E-state index in [4.69, 9.17) is 23.2 Å². The molecule has 0 saturated carbocycles. The van der Waals surface area contributed by atoms with Crippen molar-refractivity contribution >= 4 is 50.7 Å². The molecule has 0 aromatic heterocycles. The molecule has 39 heavy (non-hydrogen) atoms. The zero-order chi connectivity index (χ0) is 29.0. The molecular formula is C28H30Cl2FN3O4S. The van der Waals surface area contributed by atoms with Crippen LogP contribution >= 0.6 is 23.2 Å². The fourth-order valence-electron chi connectivity index (χ4n) is 3.76. The van der Waals surface area contributed by atoms with Crippen molar-refractivity contribution in [1.82, 2.24) is 10.2 Å². The molecule has 0 unspecified atom stereocenters. The maximum Gasteiger partial charge on any atom is 0.264 e. The van der Waals surface area contributed by atoms with Crippen LogP contribution in [0.4, 0.5) is 10.1 Å². The first-order valence-electron chi connectivity index (χ1n) is 12.1. The monoisotopic (exact) mass is 593 g/mol. The molecule has 0 fully saturated rings. The molecule has 208 valence electrons. The Bertz CT molecular complexity index is 1450. The molecular weight excluding hydrogens is 564 g/mol. The first-order chi connectivity index (χ1) is 18.2. The number of rotatable bonds is 9. The zero-order valence-electron chi connectivity index (χ0n) is 22.0. The highest BCUT2D eigenvalue weighted by atomic mass is 35.5. The summed E-state index contributed by atoms with van der Waals surface area (Å²) in [7, 11) is -4.26. The van der Waals surface area contributed by atoms with Gasteiger partial charge in [-0.05, 0) is 64.1 Å². The van der Waals surface area contributed by atoms with Gasteiger partial charge in [-0.3, -0.25) is 13.9 Å². The third kappa shape index (κ3) is 7.71. The molecule has 0 aliphatic heterocycles. The summed E-state index contributed by atoms with van der Waals surface area (Å²) in [6, 6.07) is 16.6. The molecule has 0 radical (unpaired) electrons. The predicted molar refractivity (Wildman–Crippen MR) is 152 cm³/mol. The minimum Gasteiger partial charge on any atom is -0.350 e. The smallest absolute Gasteiger partial charge is 0.264 e. The van der Waals surface area contributed by atoms with Crippen molar-refractivity contribution in [3.63, 3.8) is 0 Å². The standard InChI is InChI=1S/C28H30Cl2FN3O4S/c1-19(27(36)32-28(2,3)4)33(17-20-10-8-9-13-25(20)31)26(35)18-34(21-14-15-23(29)24(30)16-21)39(37,38)22-11-6-5-7-12-22/h5-16,19H,17-18H2,1-4H3,(H,32,36)/t19-/m0/s1. The largest absolute Gasteiger partial charge is 0.350 e. The topological polar surface area (TPSA) is 86.8 Å². The van der Waals surface area contributed by atoms with Gasteiger partial charge in [0.1, 0.15) is 18.4 Å². The van der Waals surface area contributed by atoms with E-state index < -0.39 is 45.8 Å². The zero-order valence-corrected chi connectivity index (χ0v) is 24.3. The summed E-state index contributed by atoms with van der Waals surface area (Å²) in [6.45, 7) is 5.94. The lowest BCUT2D eigenvalue weighted by Crippen LogP contribution is -2.54. The lowest BCUT2D eigenvalue weighted by atomic mass is 10.1. The number of anilines is 1. The second-order valence-corrected chi connectivity index (χ2v) is 12.6. The van der Waals surface area contributed by atoms with Gasteiger partial charge < -0.3 is 10.2 Å². The Kier molecular flexibility index (Phi) is 9.64. The van der Waals surface area contributed by atoms with Crippen LogP contribution in [0, 0.1) is 5.82 Å². The Hall–Kier alpha value is -3.14. The SMILES string of the molecule is C[C@@H](C(=O)NC(C)(C)C)N(Cc1ccccc1F)C(=O)CN(c1ccc(Cl)c(Cl)c1)S(=O)(=O)c1ccccc1. The summed E-state index contributed by atoms with van der Waals surface area (Å²) < 4.78 is 43.0. The van der Waals surface area contributed by atoms with Crippen LogP contribution in [0.25, 0.3) is 0 Å². The van der Waals surface area contributed by atoms with E-state index in [1.54, 1.807) is 45.0 Å². The lowest BCUT2D eigenvalue weighted by molar-refractivity contribution is -0.140. The minimum absolute atomic E-state index is 0.0527. The fourth-order valence-corrected chi connectivity index (χ4v) is 5.47. The highest BCUT2D eigenvalue weighted by Gasteiger charge is 2.33. The van der Waals surface area contributed by atoms with Crippen molar-refractivity contribution in [2.75, 3.05) is 10.8 Å². The molecule has 0 aliphatic carbocycles. The number of amides is 2. The molecule has 0 heterocycles. The molecule has 7 nitrogen and oxygen atoms in total. The van der Waals surface area contributed by atoms with Gasteiger partial charge in [0.05, 0.1) is 20.6 Å². The lowest BCUT2D eigenvalue weighted by Gasteiger charge is -2.33. The summed E-state index contributed by atoms with van der Waals surface area (Å²) in [5.41, 5.74) is -0.326. The molecule has 0 spiro atoms. The molecule has 0 aliphatic rings. The third-order valence-electron chi connectivity index (χ3n) is 5.77. The summed E-state index contributed by atoms with van der Waals surface area (Å²) in [4.78, 5) is 28.0. The normalized spacial score (nSPS) is 12.5. The number of benzene rings is 3. The van der Waals surface area contributed by atoms with Crippen molar-refractivity contribution in [2.45, 2.75) is 50.7 Å². The van der Waals surface area contributed by atoms with E-state index in [1.165, 1.54) is 55.5 Å². The summed E-state index contributed by atoms with van der Waals surface area (Å²) in [6.07, 6.45) is 0. The Morgan fingerprint density at radius 3 is 2.15 bits per heavy atom. The summed E-state index contributed by atoms with van der Waals surface area (Å²) in [5.74, 6) is -1.75. The Labute approximate surface area is 238 Å². The molecule has 3 aromatic rings. The first-order valence-corrected chi connectivity index (χ1v) is 14.3. The van der Waals surface area contributed by atoms with Gasteiger partial charge in [-0.2, -0.15) is 0 Å². The quantitative estimate of drug-likeness (QED) is 0.347. The number of halogens is 3. The molecule has 0 saturated heterocycles. The van der Waals surface area contributed by atoms with Gasteiger partial charge in [-0.1, -0.05) is 59.6 Å². The molecule has 3 aromatic carbocycles. The van der Waals surface area contributed by atoms with E-state index in [0.717, 1.165) is 9.21 Å². The molecule has 3 rings (SSSR count). The van der Waals surface area contributed by atoms with Gasteiger partial charge in [-0.15, -0.1) is 0 Å². The average Bonchev–Trinajstić information content (AvgIpc) is 2.87. The van der Waals surface area contributed by atoms with E-state index >= 15 is 0 Å². The van der Waals surface area contributed by atoms with Crippen LogP contribution in [-0.4, -0.2) is 43.3 Å². The number of hydrogen-bond acceptors (Lipinski definition) is 4. The summed E-state index contributed by atoms with van der Waals surface area (Å²) >= 11 is 12.2. The summed E-state index contributed by atoms with van der Waals surface area (Å²) in [5, 5.41) is 3.12. The second kappa shape index (κ2) is 12.4. The predicted octanol–water partition coefficient (Wildman–Crippen LogP) is 5.66. The molecule has 1 N–H and O–H groups in total. The van der Waals surface area contributed by atoms with Crippen LogP contribution in [0.15, 0.2) is 77.7 Å². The molecule has 1 atom stereocenters. The maximum atomic E-state index is 14.6. The fraction of sp³-hybridized carbons (Fsp3) is 0.286. The number of nitrogens with zero attached hydrogens (tertiary/aromatic N) is 2. The average molecular weight is 595 g/mol. The van der Waals surface area contributed by atoms with Crippen molar-refractivity contribution in [3.8, 4) is 0 Å². The van der Waals surface area contributed by atoms with Crippen molar-refractivity contribution < 1.29 is 22.4 Å². The van der Waals surface area contributed by atoms with Gasteiger partial charge in [0, 0.05) is 17.6 Å². The number of carbonyl (C=O) groups excluding carboxylic acids is 2. The number of sulfonamides is 1. The van der Waals surface area contributed by atoms with Crippen LogP contribution in [0.2, 0.25) is 10.0 Å². The number of hydrogen-bond donors (Lipinski definition) is 1. The highest BCUT2D eigenvalue weighted by Crippen LogP contribution is 2.31. The Morgan fingerprint density at radius 1 is 0.949 bits per heavy atom. The molecule has 2 amide bonds. The maximum absolute atomic E-state index is 14.6. The Balaban J connectivity index is 2.06. The van der Waals surface area contributed by atoms with E-state index in [2.05, 4.69) is 5.32 Å². The van der Waals surface area contributed by atoms with E-state index in [0.29, 0.717) is 0 Å². The van der Waals surface area contributed by atoms with Gasteiger partial charge in [0.2, 0.25) is 11.8 Å². The van der Waals surface area contributed by atoms with E-state index in [-0.39, 0.29) is 32.7 Å².